The van der Waals surface area contributed by atoms with E-state index in [9.17, 15) is 13.2 Å². The van der Waals surface area contributed by atoms with Crippen molar-refractivity contribution in [1.82, 2.24) is 4.90 Å². The number of rotatable bonds is 5. The first-order chi connectivity index (χ1) is 7.22. The molecule has 1 N–H and O–H groups in total. The minimum Gasteiger partial charge on any atom is -0.461 e. The molecule has 0 unspecified atom stereocenters. The van der Waals surface area contributed by atoms with Crippen molar-refractivity contribution < 1.29 is 22.5 Å². The summed E-state index contributed by atoms with van der Waals surface area (Å²) in [5.74, 6) is -0.561. The third-order valence-corrected chi connectivity index (χ3v) is 2.04. The average Bonchev–Trinajstić information content (AvgIpc) is 2.17. The Morgan fingerprint density at radius 2 is 1.94 bits per heavy atom. The van der Waals surface area contributed by atoms with Crippen LogP contribution in [-0.2, 0) is 19.6 Å². The second-order valence-corrected chi connectivity index (χ2v) is 4.79. The van der Waals surface area contributed by atoms with Crippen molar-refractivity contribution in [2.24, 2.45) is 0 Å². The number of ether oxygens (including phenoxy) is 1. The van der Waals surface area contributed by atoms with Gasteiger partial charge in [0.05, 0.1) is 5.75 Å². The summed E-state index contributed by atoms with van der Waals surface area (Å²) in [5.41, 5.74) is 0. The molecule has 0 atom stereocenters. The Morgan fingerprint density at radius 1 is 1.50 bits per heavy atom. The molecule has 0 aromatic rings. The Hall–Kier alpha value is -0.920. The largest absolute Gasteiger partial charge is 0.461 e. The molecular formula is C9H19NO5S. The van der Waals surface area contributed by atoms with Crippen LogP contribution in [0, 0.1) is 0 Å². The quantitative estimate of drug-likeness (QED) is 0.427. The second kappa shape index (κ2) is 9.32. The van der Waals surface area contributed by atoms with Crippen LogP contribution in [0.3, 0.4) is 0 Å². The highest BCUT2D eigenvalue weighted by Crippen LogP contribution is 1.80. The van der Waals surface area contributed by atoms with Crippen LogP contribution in [0.2, 0.25) is 0 Å². The first-order valence-electron chi connectivity index (χ1n) is 4.62. The highest BCUT2D eigenvalue weighted by molar-refractivity contribution is 7.85. The summed E-state index contributed by atoms with van der Waals surface area (Å²) in [5, 5.41) is 0. The van der Waals surface area contributed by atoms with Gasteiger partial charge in [-0.05, 0) is 21.0 Å². The van der Waals surface area contributed by atoms with E-state index in [0.717, 1.165) is 12.6 Å². The van der Waals surface area contributed by atoms with Gasteiger partial charge in [-0.3, -0.25) is 4.55 Å². The zero-order valence-corrected chi connectivity index (χ0v) is 10.7. The zero-order chi connectivity index (χ0) is 13.2. The summed E-state index contributed by atoms with van der Waals surface area (Å²) in [4.78, 5) is 12.4. The molecule has 0 spiro atoms. The van der Waals surface area contributed by atoms with Crippen LogP contribution in [-0.4, -0.2) is 56.8 Å². The van der Waals surface area contributed by atoms with Crippen LogP contribution < -0.4 is 0 Å². The van der Waals surface area contributed by atoms with Gasteiger partial charge in [-0.15, -0.1) is 0 Å². The maximum Gasteiger partial charge on any atom is 0.330 e. The van der Waals surface area contributed by atoms with Gasteiger partial charge < -0.3 is 9.64 Å². The van der Waals surface area contributed by atoms with Crippen molar-refractivity contribution in [3.8, 4) is 0 Å². The van der Waals surface area contributed by atoms with E-state index in [1.54, 1.807) is 0 Å². The van der Waals surface area contributed by atoms with Crippen molar-refractivity contribution in [3.05, 3.63) is 12.7 Å². The minimum absolute atomic E-state index is 0.201. The third-order valence-electron chi connectivity index (χ3n) is 1.31. The molecule has 6 nitrogen and oxygen atoms in total. The molecule has 0 heterocycles. The van der Waals surface area contributed by atoms with Crippen LogP contribution in [0.25, 0.3) is 0 Å². The lowest BCUT2D eigenvalue weighted by Gasteiger charge is -2.07. The molecule has 0 amide bonds. The van der Waals surface area contributed by atoms with E-state index in [1.807, 2.05) is 19.0 Å². The molecule has 0 aromatic carbocycles. The van der Waals surface area contributed by atoms with Crippen molar-refractivity contribution >= 4 is 16.1 Å². The van der Waals surface area contributed by atoms with Crippen molar-refractivity contribution in [2.45, 2.75) is 6.92 Å². The van der Waals surface area contributed by atoms with Gasteiger partial charge >= 0.3 is 5.97 Å². The maximum absolute atomic E-state index is 10.4. The van der Waals surface area contributed by atoms with Gasteiger partial charge in [0, 0.05) is 12.6 Å². The lowest BCUT2D eigenvalue weighted by Crippen LogP contribution is -2.19. The monoisotopic (exact) mass is 253 g/mol. The van der Waals surface area contributed by atoms with Crippen molar-refractivity contribution in [1.29, 1.82) is 0 Å². The Kier molecular flexibility index (Phi) is 10.2. The van der Waals surface area contributed by atoms with Gasteiger partial charge in [-0.25, -0.2) is 4.79 Å². The van der Waals surface area contributed by atoms with E-state index in [0.29, 0.717) is 6.61 Å². The highest BCUT2D eigenvalue weighted by atomic mass is 32.2. The fourth-order valence-corrected chi connectivity index (χ4v) is 0.388. The summed E-state index contributed by atoms with van der Waals surface area (Å²) in [6.07, 6.45) is 1.16. The Labute approximate surface area is 96.6 Å². The lowest BCUT2D eigenvalue weighted by atomic mass is 10.6. The molecule has 0 radical (unpaired) electrons. The molecule has 0 aromatic heterocycles. The first-order valence-corrected chi connectivity index (χ1v) is 6.23. The van der Waals surface area contributed by atoms with Gasteiger partial charge in [0.1, 0.15) is 6.61 Å². The fourth-order valence-electron chi connectivity index (χ4n) is 0.388. The smallest absolute Gasteiger partial charge is 0.330 e. The average molecular weight is 253 g/mol. The minimum atomic E-state index is -3.66. The van der Waals surface area contributed by atoms with Gasteiger partial charge in [-0.2, -0.15) is 8.42 Å². The molecule has 0 aliphatic heterocycles. The lowest BCUT2D eigenvalue weighted by molar-refractivity contribution is -0.137. The van der Waals surface area contributed by atoms with Gasteiger partial charge in [-0.1, -0.05) is 6.58 Å². The van der Waals surface area contributed by atoms with E-state index in [2.05, 4.69) is 6.58 Å². The van der Waals surface area contributed by atoms with E-state index in [4.69, 9.17) is 9.29 Å². The SMILES string of the molecule is C=CC(=O)OCCN(C)C.CCS(=O)(=O)O. The standard InChI is InChI=1S/C7H13NO2.C2H6O3S/c1-4-7(9)10-6-5-8(2)3;1-2-6(3,4)5/h4H,1,5-6H2,2-3H3;2H2,1H3,(H,3,4,5). The predicted octanol–water partition coefficient (Wildman–Crippen LogP) is 0.171. The second-order valence-electron chi connectivity index (χ2n) is 3.05. The number of nitrogens with zero attached hydrogens (tertiary/aromatic N) is 1. The molecular weight excluding hydrogens is 234 g/mol. The summed E-state index contributed by atoms with van der Waals surface area (Å²) in [6.45, 7) is 5.82. The topological polar surface area (TPSA) is 83.9 Å². The maximum atomic E-state index is 10.4. The Bertz CT molecular complexity index is 297. The number of hydrogen-bond donors (Lipinski definition) is 1. The molecule has 16 heavy (non-hydrogen) atoms. The third kappa shape index (κ3) is 18.8. The normalized spacial score (nSPS) is 10.3. The van der Waals surface area contributed by atoms with Crippen LogP contribution >= 0.6 is 0 Å². The summed E-state index contributed by atoms with van der Waals surface area (Å²) in [7, 11) is 0.175. The summed E-state index contributed by atoms with van der Waals surface area (Å²) < 4.78 is 31.6. The number of esters is 1. The van der Waals surface area contributed by atoms with E-state index in [1.165, 1.54) is 6.92 Å². The van der Waals surface area contributed by atoms with Crippen LogP contribution in [0.4, 0.5) is 0 Å². The van der Waals surface area contributed by atoms with Crippen LogP contribution in [0.1, 0.15) is 6.92 Å². The molecule has 0 saturated heterocycles. The highest BCUT2D eigenvalue weighted by Gasteiger charge is 1.94. The fraction of sp³-hybridized carbons (Fsp3) is 0.667. The van der Waals surface area contributed by atoms with Gasteiger partial charge in [0.15, 0.2) is 0 Å². The van der Waals surface area contributed by atoms with E-state index < -0.39 is 10.1 Å². The number of carbonyl (C=O) groups is 1. The Morgan fingerprint density at radius 3 is 2.19 bits per heavy atom. The number of hydrogen-bond acceptors (Lipinski definition) is 5. The van der Waals surface area contributed by atoms with Crippen LogP contribution in [0.15, 0.2) is 12.7 Å². The van der Waals surface area contributed by atoms with E-state index >= 15 is 0 Å². The number of likely N-dealkylation sites (N-methyl/N-ethyl adjacent to an activating group) is 1. The molecule has 7 heteroatoms. The van der Waals surface area contributed by atoms with Crippen LogP contribution in [0.5, 0.6) is 0 Å². The molecule has 0 saturated carbocycles. The van der Waals surface area contributed by atoms with E-state index in [-0.39, 0.29) is 11.7 Å². The molecule has 0 aliphatic carbocycles. The van der Waals surface area contributed by atoms with Gasteiger partial charge in [0.25, 0.3) is 10.1 Å². The number of carbonyl (C=O) groups excluding carboxylic acids is 1. The molecule has 0 bridgehead atoms. The summed E-state index contributed by atoms with van der Waals surface area (Å²) >= 11 is 0. The van der Waals surface area contributed by atoms with Crippen molar-refractivity contribution in [3.63, 3.8) is 0 Å². The zero-order valence-electron chi connectivity index (χ0n) is 9.84. The first kappa shape index (κ1) is 17.5. The molecule has 96 valence electrons. The Balaban J connectivity index is 0. The summed E-state index contributed by atoms with van der Waals surface area (Å²) in [6, 6.07) is 0. The van der Waals surface area contributed by atoms with Gasteiger partial charge in [0.2, 0.25) is 0 Å². The predicted molar refractivity (Wildman–Crippen MR) is 61.8 cm³/mol. The molecule has 0 rings (SSSR count). The van der Waals surface area contributed by atoms with Crippen molar-refractivity contribution in [2.75, 3.05) is 33.0 Å². The molecule has 0 aliphatic rings. The molecule has 0 fully saturated rings.